The van der Waals surface area contributed by atoms with Crippen molar-refractivity contribution < 1.29 is 0 Å². The van der Waals surface area contributed by atoms with E-state index >= 15 is 0 Å². The fourth-order valence-corrected chi connectivity index (χ4v) is 6.12. The normalized spacial score (nSPS) is 25.5. The fraction of sp³-hybridized carbons (Fsp3) is 0.618. The van der Waals surface area contributed by atoms with Crippen LogP contribution in [0, 0.1) is 29.1 Å². The molecule has 0 atom stereocenters. The van der Waals surface area contributed by atoms with Crippen molar-refractivity contribution >= 4 is 0 Å². The van der Waals surface area contributed by atoms with E-state index in [2.05, 4.69) is 49.4 Å². The minimum atomic E-state index is 0.776. The molecule has 0 saturated heterocycles. The molecular weight excluding hydrogens is 422 g/mol. The van der Waals surface area contributed by atoms with Crippen molar-refractivity contribution in [1.82, 2.24) is 0 Å². The van der Waals surface area contributed by atoms with Gasteiger partial charge >= 0.3 is 0 Å². The van der Waals surface area contributed by atoms with Gasteiger partial charge in [-0.3, -0.25) is 0 Å². The molecule has 1 heteroatoms. The summed E-state index contributed by atoms with van der Waals surface area (Å²) in [6.45, 7) is 2.29. The van der Waals surface area contributed by atoms with Gasteiger partial charge in [-0.1, -0.05) is 87.3 Å². The number of rotatable bonds is 13. The van der Waals surface area contributed by atoms with Gasteiger partial charge in [0.1, 0.15) is 0 Å². The van der Waals surface area contributed by atoms with Crippen LogP contribution in [0.1, 0.15) is 120 Å². The zero-order valence-electron chi connectivity index (χ0n) is 22.3. The van der Waals surface area contributed by atoms with E-state index in [1.165, 1.54) is 108 Å². The standard InChI is InChI=1S/C34H49N/c1-2-3-4-6-9-13-30-20-24-33(25-21-30)34-26-22-32(23-27-34)19-18-31-16-14-29(15-17-31)12-10-7-5-8-11-28-35/h5,7-8,11,18-21,24-25,29,31-32,34H,2-4,6,9-10,12-17,22-23,26-27H2,1H3/b7-5?,11-8?,19-18+. The Morgan fingerprint density at radius 1 is 0.800 bits per heavy atom. The monoisotopic (exact) mass is 471 g/mol. The number of hydrogen-bond donors (Lipinski definition) is 0. The highest BCUT2D eigenvalue weighted by Crippen LogP contribution is 2.38. The van der Waals surface area contributed by atoms with Crippen LogP contribution in [0.5, 0.6) is 0 Å². The van der Waals surface area contributed by atoms with Gasteiger partial charge in [-0.15, -0.1) is 0 Å². The first kappa shape index (κ1) is 27.5. The van der Waals surface area contributed by atoms with Crippen LogP contribution < -0.4 is 0 Å². The lowest BCUT2D eigenvalue weighted by Crippen LogP contribution is -2.14. The third-order valence-electron chi connectivity index (χ3n) is 8.50. The van der Waals surface area contributed by atoms with E-state index in [1.54, 1.807) is 5.56 Å². The van der Waals surface area contributed by atoms with E-state index < -0.39 is 0 Å². The summed E-state index contributed by atoms with van der Waals surface area (Å²) in [7, 11) is 0. The molecule has 0 aromatic heterocycles. The van der Waals surface area contributed by atoms with Gasteiger partial charge in [0.2, 0.25) is 0 Å². The molecule has 2 fully saturated rings. The highest BCUT2D eigenvalue weighted by molar-refractivity contribution is 5.26. The van der Waals surface area contributed by atoms with Crippen molar-refractivity contribution in [3.63, 3.8) is 0 Å². The average molecular weight is 472 g/mol. The van der Waals surface area contributed by atoms with Crippen LogP contribution in [0.4, 0.5) is 0 Å². The zero-order chi connectivity index (χ0) is 24.6. The van der Waals surface area contributed by atoms with Gasteiger partial charge in [0.15, 0.2) is 0 Å². The van der Waals surface area contributed by atoms with Crippen molar-refractivity contribution in [2.24, 2.45) is 17.8 Å². The Hall–Kier alpha value is -2.07. The Kier molecular flexibility index (Phi) is 13.0. The second kappa shape index (κ2) is 16.6. The van der Waals surface area contributed by atoms with E-state index in [0.717, 1.165) is 30.1 Å². The third-order valence-corrected chi connectivity index (χ3v) is 8.50. The highest BCUT2D eigenvalue weighted by Gasteiger charge is 2.22. The van der Waals surface area contributed by atoms with Gasteiger partial charge in [-0.05, 0) is 112 Å². The lowest BCUT2D eigenvalue weighted by molar-refractivity contribution is 0.295. The first-order valence-corrected chi connectivity index (χ1v) is 14.8. The second-order valence-electron chi connectivity index (χ2n) is 11.2. The highest BCUT2D eigenvalue weighted by atomic mass is 14.3. The maximum Gasteiger partial charge on any atom is 0.0912 e. The molecule has 1 aromatic rings. The van der Waals surface area contributed by atoms with Crippen molar-refractivity contribution in [2.75, 3.05) is 0 Å². The molecular formula is C34H49N. The molecule has 3 rings (SSSR count). The predicted molar refractivity (Wildman–Crippen MR) is 151 cm³/mol. The molecule has 0 unspecified atom stereocenters. The number of hydrogen-bond acceptors (Lipinski definition) is 1. The summed E-state index contributed by atoms with van der Waals surface area (Å²) in [6.07, 6.45) is 34.3. The number of aryl methyl sites for hydroxylation is 1. The van der Waals surface area contributed by atoms with Crippen LogP contribution in [0.2, 0.25) is 0 Å². The summed E-state index contributed by atoms with van der Waals surface area (Å²) in [5.74, 6) is 3.29. The molecule has 0 spiro atoms. The lowest BCUT2D eigenvalue weighted by Gasteiger charge is -2.29. The minimum absolute atomic E-state index is 0.776. The van der Waals surface area contributed by atoms with Crippen LogP contribution in [0.25, 0.3) is 0 Å². The van der Waals surface area contributed by atoms with Crippen LogP contribution in [-0.4, -0.2) is 0 Å². The predicted octanol–water partition coefficient (Wildman–Crippen LogP) is 10.3. The van der Waals surface area contributed by atoms with E-state index in [4.69, 9.17) is 5.26 Å². The number of allylic oxidation sites excluding steroid dienone is 6. The Morgan fingerprint density at radius 2 is 1.46 bits per heavy atom. The molecule has 2 aliphatic rings. The third kappa shape index (κ3) is 10.6. The molecule has 1 nitrogen and oxygen atoms in total. The summed E-state index contributed by atoms with van der Waals surface area (Å²) < 4.78 is 0. The molecule has 2 saturated carbocycles. The van der Waals surface area contributed by atoms with Gasteiger partial charge in [0, 0.05) is 6.08 Å². The van der Waals surface area contributed by atoms with E-state index in [9.17, 15) is 0 Å². The molecule has 2 aliphatic carbocycles. The summed E-state index contributed by atoms with van der Waals surface area (Å²) in [5.41, 5.74) is 3.11. The van der Waals surface area contributed by atoms with E-state index in [1.807, 2.05) is 18.2 Å². The van der Waals surface area contributed by atoms with E-state index in [0.29, 0.717) is 0 Å². The summed E-state index contributed by atoms with van der Waals surface area (Å²) >= 11 is 0. The minimum Gasteiger partial charge on any atom is -0.193 e. The molecule has 0 amide bonds. The van der Waals surface area contributed by atoms with Crippen LogP contribution >= 0.6 is 0 Å². The van der Waals surface area contributed by atoms with Crippen molar-refractivity contribution in [3.8, 4) is 6.07 Å². The molecule has 0 heterocycles. The SMILES string of the molecule is CCCCCCCc1ccc(C2CCC(/C=C/C3CCC(CCC=CC=CC#N)CC3)CC2)cc1. The lowest BCUT2D eigenvalue weighted by atomic mass is 9.76. The first-order chi connectivity index (χ1) is 17.3. The Bertz CT molecular complexity index is 805. The number of nitrogens with zero attached hydrogens (tertiary/aromatic N) is 1. The quantitative estimate of drug-likeness (QED) is 0.121. The van der Waals surface area contributed by atoms with Gasteiger partial charge in [-0.25, -0.2) is 0 Å². The zero-order valence-corrected chi connectivity index (χ0v) is 22.3. The Labute approximate surface area is 216 Å². The van der Waals surface area contributed by atoms with Gasteiger partial charge in [0.25, 0.3) is 0 Å². The molecule has 0 aliphatic heterocycles. The van der Waals surface area contributed by atoms with Crippen molar-refractivity contribution in [3.05, 3.63) is 71.8 Å². The average Bonchev–Trinajstić information content (AvgIpc) is 2.91. The van der Waals surface area contributed by atoms with Crippen LogP contribution in [-0.2, 0) is 6.42 Å². The van der Waals surface area contributed by atoms with Gasteiger partial charge in [0.05, 0.1) is 6.07 Å². The smallest absolute Gasteiger partial charge is 0.0912 e. The van der Waals surface area contributed by atoms with Crippen molar-refractivity contribution in [2.45, 2.75) is 116 Å². The number of nitriles is 1. The molecule has 190 valence electrons. The second-order valence-corrected chi connectivity index (χ2v) is 11.2. The fourth-order valence-electron chi connectivity index (χ4n) is 6.12. The van der Waals surface area contributed by atoms with Crippen molar-refractivity contribution in [1.29, 1.82) is 5.26 Å². The van der Waals surface area contributed by atoms with Crippen LogP contribution in [0.3, 0.4) is 0 Å². The summed E-state index contributed by atoms with van der Waals surface area (Å²) in [5, 5.41) is 8.51. The first-order valence-electron chi connectivity index (χ1n) is 14.8. The molecule has 0 N–H and O–H groups in total. The Morgan fingerprint density at radius 3 is 2.11 bits per heavy atom. The number of benzene rings is 1. The molecule has 0 bridgehead atoms. The van der Waals surface area contributed by atoms with Crippen LogP contribution in [0.15, 0.2) is 60.7 Å². The van der Waals surface area contributed by atoms with Gasteiger partial charge < -0.3 is 0 Å². The maximum atomic E-state index is 8.51. The molecule has 1 aromatic carbocycles. The molecule has 0 radical (unpaired) electrons. The van der Waals surface area contributed by atoms with Gasteiger partial charge in [-0.2, -0.15) is 5.26 Å². The van der Waals surface area contributed by atoms with E-state index in [-0.39, 0.29) is 0 Å². The largest absolute Gasteiger partial charge is 0.193 e. The summed E-state index contributed by atoms with van der Waals surface area (Å²) in [6, 6.07) is 11.7. The maximum absolute atomic E-state index is 8.51. The molecule has 35 heavy (non-hydrogen) atoms. The Balaban J connectivity index is 1.30. The number of unbranched alkanes of at least 4 members (excludes halogenated alkanes) is 4. The topological polar surface area (TPSA) is 23.8 Å². The summed E-state index contributed by atoms with van der Waals surface area (Å²) in [4.78, 5) is 0.